The van der Waals surface area contributed by atoms with Crippen LogP contribution in [-0.2, 0) is 4.57 Å². The summed E-state index contributed by atoms with van der Waals surface area (Å²) in [6, 6.07) is 2.05. The zero-order chi connectivity index (χ0) is 6.91. The molecule has 4 heteroatoms. The third kappa shape index (κ3) is 1.54. The predicted octanol–water partition coefficient (Wildman–Crippen LogP) is 0.757. The molecule has 50 valence electrons. The standard InChI is InChI=1S/C5H8NO2P/c6-3-5(1-2-5)4-9(7)8/h9H,1-2,4H2,(H,7,8). The Bertz CT molecular complexity index is 180. The number of nitrogens with zero attached hydrogens (tertiary/aromatic N) is 1. The van der Waals surface area contributed by atoms with Crippen molar-refractivity contribution in [2.75, 3.05) is 6.16 Å². The van der Waals surface area contributed by atoms with Crippen LogP contribution in [0.25, 0.3) is 0 Å². The van der Waals surface area contributed by atoms with Crippen LogP contribution >= 0.6 is 8.03 Å². The van der Waals surface area contributed by atoms with Crippen molar-refractivity contribution in [1.82, 2.24) is 0 Å². The number of rotatable bonds is 2. The molecule has 1 N–H and O–H groups in total. The van der Waals surface area contributed by atoms with Gasteiger partial charge in [0.25, 0.3) is 0 Å². The first-order valence-corrected chi connectivity index (χ1v) is 4.38. The summed E-state index contributed by atoms with van der Waals surface area (Å²) in [5, 5.41) is 8.42. The summed E-state index contributed by atoms with van der Waals surface area (Å²) in [4.78, 5) is 8.45. The highest BCUT2D eigenvalue weighted by atomic mass is 31.1. The van der Waals surface area contributed by atoms with Crippen LogP contribution in [0.5, 0.6) is 0 Å². The summed E-state index contributed by atoms with van der Waals surface area (Å²) in [6.07, 6.45) is 1.81. The summed E-state index contributed by atoms with van der Waals surface area (Å²) in [5.41, 5.74) is -0.398. The Morgan fingerprint density at radius 3 is 2.44 bits per heavy atom. The van der Waals surface area contributed by atoms with E-state index in [-0.39, 0.29) is 6.16 Å². The maximum Gasteiger partial charge on any atom is 0.190 e. The van der Waals surface area contributed by atoms with Gasteiger partial charge in [0.1, 0.15) is 0 Å². The average Bonchev–Trinajstić information content (AvgIpc) is 2.48. The van der Waals surface area contributed by atoms with E-state index in [4.69, 9.17) is 10.2 Å². The van der Waals surface area contributed by atoms with E-state index < -0.39 is 13.4 Å². The normalized spacial score (nSPS) is 24.4. The van der Waals surface area contributed by atoms with E-state index in [1.807, 2.05) is 6.07 Å². The Morgan fingerprint density at radius 2 is 2.33 bits per heavy atom. The van der Waals surface area contributed by atoms with E-state index >= 15 is 0 Å². The highest BCUT2D eigenvalue weighted by Gasteiger charge is 2.44. The van der Waals surface area contributed by atoms with E-state index in [1.54, 1.807) is 0 Å². The van der Waals surface area contributed by atoms with Gasteiger partial charge in [-0.15, -0.1) is 0 Å². The fourth-order valence-corrected chi connectivity index (χ4v) is 1.78. The molecule has 0 radical (unpaired) electrons. The highest BCUT2D eigenvalue weighted by Crippen LogP contribution is 2.49. The van der Waals surface area contributed by atoms with Crippen LogP contribution in [0.15, 0.2) is 0 Å². The van der Waals surface area contributed by atoms with Gasteiger partial charge in [-0.3, -0.25) is 4.57 Å². The summed E-state index contributed by atoms with van der Waals surface area (Å²) in [7, 11) is -2.41. The van der Waals surface area contributed by atoms with Crippen LogP contribution in [-0.4, -0.2) is 11.1 Å². The van der Waals surface area contributed by atoms with Crippen LogP contribution in [0.4, 0.5) is 0 Å². The lowest BCUT2D eigenvalue weighted by Crippen LogP contribution is -1.98. The van der Waals surface area contributed by atoms with E-state index in [1.165, 1.54) is 0 Å². The summed E-state index contributed by atoms with van der Waals surface area (Å²) >= 11 is 0. The monoisotopic (exact) mass is 145 g/mol. The number of hydrogen-bond donors (Lipinski definition) is 1. The molecular formula is C5H8NO2P. The molecule has 1 saturated carbocycles. The second-order valence-corrected chi connectivity index (χ2v) is 3.60. The molecule has 0 bridgehead atoms. The summed E-state index contributed by atoms with van der Waals surface area (Å²) < 4.78 is 10.2. The quantitative estimate of drug-likeness (QED) is 0.583. The van der Waals surface area contributed by atoms with Crippen molar-refractivity contribution in [2.24, 2.45) is 5.41 Å². The Balaban J connectivity index is 2.45. The van der Waals surface area contributed by atoms with Crippen molar-refractivity contribution in [1.29, 1.82) is 5.26 Å². The van der Waals surface area contributed by atoms with Gasteiger partial charge in [0.2, 0.25) is 0 Å². The minimum absolute atomic E-state index is 0.203. The van der Waals surface area contributed by atoms with Gasteiger partial charge in [-0.05, 0) is 12.8 Å². The van der Waals surface area contributed by atoms with Gasteiger partial charge in [-0.1, -0.05) is 0 Å². The van der Waals surface area contributed by atoms with E-state index in [9.17, 15) is 4.57 Å². The molecule has 3 nitrogen and oxygen atoms in total. The Labute approximate surface area is 54.2 Å². The van der Waals surface area contributed by atoms with Crippen molar-refractivity contribution < 1.29 is 9.46 Å². The van der Waals surface area contributed by atoms with Gasteiger partial charge in [0.05, 0.1) is 11.5 Å². The van der Waals surface area contributed by atoms with Crippen molar-refractivity contribution in [3.05, 3.63) is 0 Å². The van der Waals surface area contributed by atoms with Gasteiger partial charge < -0.3 is 4.89 Å². The molecule has 1 aliphatic carbocycles. The lowest BCUT2D eigenvalue weighted by atomic mass is 10.2. The Morgan fingerprint density at radius 1 is 1.78 bits per heavy atom. The van der Waals surface area contributed by atoms with E-state index in [0.29, 0.717) is 0 Å². The molecule has 0 aromatic carbocycles. The largest absolute Gasteiger partial charge is 0.346 e. The molecule has 1 unspecified atom stereocenters. The molecule has 1 aliphatic rings. The van der Waals surface area contributed by atoms with Crippen LogP contribution in [0, 0.1) is 16.7 Å². The molecule has 0 amide bonds. The molecule has 0 aromatic heterocycles. The average molecular weight is 145 g/mol. The molecule has 0 spiro atoms. The second-order valence-electron chi connectivity index (χ2n) is 2.46. The molecule has 0 aliphatic heterocycles. The summed E-state index contributed by atoms with van der Waals surface area (Å²) in [5.74, 6) is 0. The first-order chi connectivity index (χ1) is 4.18. The number of hydrogen-bond acceptors (Lipinski definition) is 2. The third-order valence-corrected chi connectivity index (χ3v) is 2.56. The van der Waals surface area contributed by atoms with Crippen molar-refractivity contribution in [3.63, 3.8) is 0 Å². The van der Waals surface area contributed by atoms with Gasteiger partial charge in [0.15, 0.2) is 8.03 Å². The molecule has 1 atom stereocenters. The molecule has 0 saturated heterocycles. The smallest absolute Gasteiger partial charge is 0.190 e. The third-order valence-electron chi connectivity index (χ3n) is 1.58. The number of nitriles is 1. The lowest BCUT2D eigenvalue weighted by molar-refractivity contribution is 0.494. The van der Waals surface area contributed by atoms with Gasteiger partial charge in [-0.2, -0.15) is 5.26 Å². The summed E-state index contributed by atoms with van der Waals surface area (Å²) in [6.45, 7) is 0. The maximum absolute atomic E-state index is 10.2. The molecule has 1 fully saturated rings. The fraction of sp³-hybridized carbons (Fsp3) is 0.800. The van der Waals surface area contributed by atoms with Crippen LogP contribution in [0.3, 0.4) is 0 Å². The van der Waals surface area contributed by atoms with Crippen molar-refractivity contribution in [3.8, 4) is 6.07 Å². The second kappa shape index (κ2) is 2.13. The zero-order valence-corrected chi connectivity index (χ0v) is 5.92. The molecule has 0 aromatic rings. The predicted molar refractivity (Wildman–Crippen MR) is 33.4 cm³/mol. The van der Waals surface area contributed by atoms with Crippen molar-refractivity contribution >= 4 is 8.03 Å². The highest BCUT2D eigenvalue weighted by molar-refractivity contribution is 7.38. The fourth-order valence-electron chi connectivity index (χ4n) is 0.768. The molecule has 9 heavy (non-hydrogen) atoms. The van der Waals surface area contributed by atoms with Crippen LogP contribution in [0.1, 0.15) is 12.8 Å². The Hall–Kier alpha value is -0.320. The topological polar surface area (TPSA) is 61.1 Å². The minimum atomic E-state index is -2.41. The molecule has 1 rings (SSSR count). The minimum Gasteiger partial charge on any atom is -0.346 e. The van der Waals surface area contributed by atoms with E-state index in [2.05, 4.69) is 0 Å². The van der Waals surface area contributed by atoms with Gasteiger partial charge >= 0.3 is 0 Å². The maximum atomic E-state index is 10.2. The first kappa shape index (κ1) is 6.80. The van der Waals surface area contributed by atoms with Gasteiger partial charge in [0, 0.05) is 6.16 Å². The molecular weight excluding hydrogens is 137 g/mol. The van der Waals surface area contributed by atoms with Crippen LogP contribution < -0.4 is 0 Å². The van der Waals surface area contributed by atoms with Crippen LogP contribution in [0.2, 0.25) is 0 Å². The zero-order valence-electron chi connectivity index (χ0n) is 4.92. The lowest BCUT2D eigenvalue weighted by Gasteiger charge is -1.97. The SMILES string of the molecule is N#CC1(C[PH](=O)O)CC1. The first-order valence-electron chi connectivity index (χ1n) is 2.82. The van der Waals surface area contributed by atoms with Crippen molar-refractivity contribution in [2.45, 2.75) is 12.8 Å². The molecule has 0 heterocycles. The van der Waals surface area contributed by atoms with E-state index in [0.717, 1.165) is 12.8 Å². The van der Waals surface area contributed by atoms with Gasteiger partial charge in [-0.25, -0.2) is 0 Å². The Kier molecular flexibility index (Phi) is 1.61.